The smallest absolute Gasteiger partial charge is 0.339 e. The number of ether oxygens (including phenoxy) is 2. The Morgan fingerprint density at radius 2 is 1.60 bits per heavy atom. The van der Waals surface area contributed by atoms with E-state index in [9.17, 15) is 9.18 Å². The molecule has 102 valence electrons. The first-order valence-electron chi connectivity index (χ1n) is 5.97. The van der Waals surface area contributed by atoms with E-state index in [0.717, 1.165) is 6.08 Å². The van der Waals surface area contributed by atoms with Crippen LogP contribution >= 0.6 is 0 Å². The Balaban J connectivity index is 2.04. The average molecular weight is 272 g/mol. The summed E-state index contributed by atoms with van der Waals surface area (Å²) < 4.78 is 23.7. The number of carbonyl (C=O) groups is 1. The fourth-order valence-electron chi connectivity index (χ4n) is 1.57. The summed E-state index contributed by atoms with van der Waals surface area (Å²) in [6, 6.07) is 14.8. The summed E-state index contributed by atoms with van der Waals surface area (Å²) in [6.07, 6.45) is 0.819. The zero-order valence-electron chi connectivity index (χ0n) is 10.9. The van der Waals surface area contributed by atoms with Gasteiger partial charge in [-0.05, 0) is 24.3 Å². The Bertz CT molecular complexity index is 603. The first kappa shape index (κ1) is 13.8. The van der Waals surface area contributed by atoms with Crippen LogP contribution in [0.2, 0.25) is 0 Å². The molecule has 0 aromatic heterocycles. The second-order valence-electron chi connectivity index (χ2n) is 3.95. The van der Waals surface area contributed by atoms with E-state index in [2.05, 4.69) is 0 Å². The van der Waals surface area contributed by atoms with E-state index in [-0.39, 0.29) is 0 Å². The van der Waals surface area contributed by atoms with Crippen LogP contribution in [0.4, 0.5) is 4.39 Å². The van der Waals surface area contributed by atoms with Crippen molar-refractivity contribution in [1.82, 2.24) is 0 Å². The summed E-state index contributed by atoms with van der Waals surface area (Å²) in [5.74, 6) is -0.427. The second kappa shape index (κ2) is 6.52. The third kappa shape index (κ3) is 3.68. The van der Waals surface area contributed by atoms with E-state index in [0.29, 0.717) is 17.1 Å². The molecular formula is C16H13FO3. The SMILES string of the molecule is COc1ccc(OC(=O)C=C(F)c2ccccc2)cc1. The Morgan fingerprint density at radius 3 is 2.20 bits per heavy atom. The maximum Gasteiger partial charge on any atom is 0.339 e. The molecule has 0 atom stereocenters. The molecule has 0 unspecified atom stereocenters. The van der Waals surface area contributed by atoms with Gasteiger partial charge in [-0.15, -0.1) is 0 Å². The summed E-state index contributed by atoms with van der Waals surface area (Å²) in [7, 11) is 1.54. The predicted octanol–water partition coefficient (Wildman–Crippen LogP) is 3.61. The molecule has 0 bridgehead atoms. The van der Waals surface area contributed by atoms with Crippen LogP contribution in [-0.4, -0.2) is 13.1 Å². The molecule has 0 radical (unpaired) electrons. The van der Waals surface area contributed by atoms with Crippen LogP contribution in [0.15, 0.2) is 60.7 Å². The number of esters is 1. The van der Waals surface area contributed by atoms with Crippen LogP contribution in [0.1, 0.15) is 5.56 Å². The molecule has 0 saturated carbocycles. The van der Waals surface area contributed by atoms with Crippen LogP contribution in [0.25, 0.3) is 5.83 Å². The zero-order chi connectivity index (χ0) is 14.4. The molecule has 0 aliphatic carbocycles. The van der Waals surface area contributed by atoms with E-state index in [1.807, 2.05) is 0 Å². The van der Waals surface area contributed by atoms with Gasteiger partial charge in [-0.1, -0.05) is 30.3 Å². The molecule has 0 aliphatic rings. The number of rotatable bonds is 4. The maximum atomic E-state index is 13.7. The van der Waals surface area contributed by atoms with Gasteiger partial charge in [-0.2, -0.15) is 0 Å². The minimum absolute atomic E-state index is 0.327. The number of benzene rings is 2. The lowest BCUT2D eigenvalue weighted by Gasteiger charge is -2.03. The Kier molecular flexibility index (Phi) is 4.50. The molecule has 2 aromatic carbocycles. The van der Waals surface area contributed by atoms with Crippen LogP contribution in [0.5, 0.6) is 11.5 Å². The van der Waals surface area contributed by atoms with Crippen molar-refractivity contribution in [2.24, 2.45) is 0 Å². The molecule has 2 rings (SSSR count). The van der Waals surface area contributed by atoms with Crippen molar-refractivity contribution in [2.75, 3.05) is 7.11 Å². The third-order valence-corrected chi connectivity index (χ3v) is 2.57. The highest BCUT2D eigenvalue weighted by Crippen LogP contribution is 2.19. The van der Waals surface area contributed by atoms with Crippen molar-refractivity contribution >= 4 is 11.8 Å². The molecule has 0 saturated heterocycles. The number of hydrogen-bond acceptors (Lipinski definition) is 3. The predicted molar refractivity (Wildman–Crippen MR) is 74.2 cm³/mol. The first-order chi connectivity index (χ1) is 9.69. The van der Waals surface area contributed by atoms with Crippen molar-refractivity contribution in [3.05, 3.63) is 66.2 Å². The third-order valence-electron chi connectivity index (χ3n) is 2.57. The Hall–Kier alpha value is -2.62. The highest BCUT2D eigenvalue weighted by Gasteiger charge is 2.06. The lowest BCUT2D eigenvalue weighted by molar-refractivity contribution is -0.128. The van der Waals surface area contributed by atoms with Gasteiger partial charge in [0.25, 0.3) is 0 Å². The molecule has 0 N–H and O–H groups in total. The fourth-order valence-corrected chi connectivity index (χ4v) is 1.57. The molecule has 2 aromatic rings. The average Bonchev–Trinajstić information content (AvgIpc) is 2.49. The van der Waals surface area contributed by atoms with Gasteiger partial charge in [-0.3, -0.25) is 0 Å². The molecule has 4 heteroatoms. The minimum Gasteiger partial charge on any atom is -0.497 e. The number of halogens is 1. The lowest BCUT2D eigenvalue weighted by Crippen LogP contribution is -2.04. The quantitative estimate of drug-likeness (QED) is 0.484. The van der Waals surface area contributed by atoms with Gasteiger partial charge in [0, 0.05) is 5.56 Å². The van der Waals surface area contributed by atoms with Crippen molar-refractivity contribution in [3.63, 3.8) is 0 Å². The standard InChI is InChI=1S/C16H13FO3/c1-19-13-7-9-14(10-8-13)20-16(18)11-15(17)12-5-3-2-4-6-12/h2-11H,1H3. The van der Waals surface area contributed by atoms with Crippen LogP contribution in [0, 0.1) is 0 Å². The molecule has 0 aliphatic heterocycles. The normalized spacial score (nSPS) is 11.0. The van der Waals surface area contributed by atoms with E-state index >= 15 is 0 Å². The van der Waals surface area contributed by atoms with Crippen LogP contribution < -0.4 is 9.47 Å². The molecule has 0 spiro atoms. The largest absolute Gasteiger partial charge is 0.497 e. The van der Waals surface area contributed by atoms with E-state index in [1.54, 1.807) is 61.7 Å². The summed E-state index contributed by atoms with van der Waals surface area (Å²) in [5.41, 5.74) is 0.333. The van der Waals surface area contributed by atoms with Crippen molar-refractivity contribution in [3.8, 4) is 11.5 Å². The lowest BCUT2D eigenvalue weighted by atomic mass is 10.2. The monoisotopic (exact) mass is 272 g/mol. The van der Waals surface area contributed by atoms with Crippen molar-refractivity contribution in [2.45, 2.75) is 0 Å². The molecule has 0 amide bonds. The molecular weight excluding hydrogens is 259 g/mol. The summed E-state index contributed by atoms with van der Waals surface area (Å²) in [5, 5.41) is 0. The van der Waals surface area contributed by atoms with Gasteiger partial charge in [0.05, 0.1) is 13.2 Å². The molecule has 3 nitrogen and oxygen atoms in total. The Labute approximate surface area is 116 Å². The highest BCUT2D eigenvalue weighted by molar-refractivity contribution is 5.90. The zero-order valence-corrected chi connectivity index (χ0v) is 10.9. The van der Waals surface area contributed by atoms with Crippen LogP contribution in [0.3, 0.4) is 0 Å². The van der Waals surface area contributed by atoms with E-state index < -0.39 is 11.8 Å². The fraction of sp³-hybridized carbons (Fsp3) is 0.0625. The molecule has 20 heavy (non-hydrogen) atoms. The van der Waals surface area contributed by atoms with Gasteiger partial charge in [0.15, 0.2) is 0 Å². The van der Waals surface area contributed by atoms with E-state index in [1.165, 1.54) is 0 Å². The van der Waals surface area contributed by atoms with Crippen molar-refractivity contribution in [1.29, 1.82) is 0 Å². The molecule has 0 heterocycles. The van der Waals surface area contributed by atoms with Gasteiger partial charge in [0.1, 0.15) is 17.3 Å². The van der Waals surface area contributed by atoms with Gasteiger partial charge >= 0.3 is 5.97 Å². The topological polar surface area (TPSA) is 35.5 Å². The van der Waals surface area contributed by atoms with Gasteiger partial charge < -0.3 is 9.47 Å². The highest BCUT2D eigenvalue weighted by atomic mass is 19.1. The molecule has 0 fully saturated rings. The second-order valence-corrected chi connectivity index (χ2v) is 3.95. The number of hydrogen-bond donors (Lipinski definition) is 0. The summed E-state index contributed by atoms with van der Waals surface area (Å²) >= 11 is 0. The van der Waals surface area contributed by atoms with Crippen LogP contribution in [-0.2, 0) is 4.79 Å². The Morgan fingerprint density at radius 1 is 1.00 bits per heavy atom. The van der Waals surface area contributed by atoms with Crippen molar-refractivity contribution < 1.29 is 18.7 Å². The minimum atomic E-state index is -0.767. The summed E-state index contributed by atoms with van der Waals surface area (Å²) in [6.45, 7) is 0. The van der Waals surface area contributed by atoms with E-state index in [4.69, 9.17) is 9.47 Å². The van der Waals surface area contributed by atoms with Gasteiger partial charge in [0.2, 0.25) is 0 Å². The maximum absolute atomic E-state index is 13.7. The summed E-state index contributed by atoms with van der Waals surface area (Å²) in [4.78, 5) is 11.6. The number of carbonyl (C=O) groups excluding carboxylic acids is 1. The number of methoxy groups -OCH3 is 1. The first-order valence-corrected chi connectivity index (χ1v) is 5.97. The van der Waals surface area contributed by atoms with Gasteiger partial charge in [-0.25, -0.2) is 9.18 Å².